The molecule has 5 heteroatoms. The van der Waals surface area contributed by atoms with E-state index in [2.05, 4.69) is 5.43 Å². The molecule has 1 rings (SSSR count). The first-order chi connectivity index (χ1) is 6.74. The second kappa shape index (κ2) is 5.43. The van der Waals surface area contributed by atoms with Crippen molar-refractivity contribution in [1.29, 1.82) is 0 Å². The van der Waals surface area contributed by atoms with Crippen LogP contribution in [0.4, 0.5) is 0 Å². The average molecular weight is 216 g/mol. The first-order valence-electron chi connectivity index (χ1n) is 4.30. The summed E-state index contributed by atoms with van der Waals surface area (Å²) in [6, 6.07) is 1.93. The van der Waals surface area contributed by atoms with Gasteiger partial charge in [0.2, 0.25) is 0 Å². The van der Waals surface area contributed by atoms with Gasteiger partial charge in [0, 0.05) is 19.1 Å². The lowest BCUT2D eigenvalue weighted by Crippen LogP contribution is -2.38. The van der Waals surface area contributed by atoms with Gasteiger partial charge in [-0.2, -0.15) is 0 Å². The molecule has 1 aromatic rings. The molecule has 0 radical (unpaired) electrons. The first-order valence-corrected chi connectivity index (χ1v) is 5.18. The molecule has 3 N–H and O–H groups in total. The van der Waals surface area contributed by atoms with Gasteiger partial charge in [-0.25, -0.2) is 5.43 Å². The van der Waals surface area contributed by atoms with Gasteiger partial charge in [0.15, 0.2) is 6.29 Å². The lowest BCUT2D eigenvalue weighted by Gasteiger charge is -2.23. The Hall–Kier alpha value is -0.460. The van der Waals surface area contributed by atoms with Crippen LogP contribution in [-0.2, 0) is 9.47 Å². The van der Waals surface area contributed by atoms with Crippen LogP contribution in [0.25, 0.3) is 0 Å². The molecule has 14 heavy (non-hydrogen) atoms. The summed E-state index contributed by atoms with van der Waals surface area (Å²) < 4.78 is 10.3. The van der Waals surface area contributed by atoms with Gasteiger partial charge in [-0.05, 0) is 23.9 Å². The fourth-order valence-corrected chi connectivity index (χ4v) is 2.35. The van der Waals surface area contributed by atoms with E-state index in [0.29, 0.717) is 0 Å². The second-order valence-electron chi connectivity index (χ2n) is 2.95. The third-order valence-electron chi connectivity index (χ3n) is 2.10. The van der Waals surface area contributed by atoms with Crippen LogP contribution in [0.2, 0.25) is 0 Å². The number of thiophene rings is 1. The molecule has 1 atom stereocenters. The number of hydrogen-bond donors (Lipinski definition) is 2. The zero-order chi connectivity index (χ0) is 10.6. The number of hydrogen-bond acceptors (Lipinski definition) is 5. The fourth-order valence-electron chi connectivity index (χ4n) is 1.35. The van der Waals surface area contributed by atoms with Gasteiger partial charge in [0.05, 0.1) is 0 Å². The van der Waals surface area contributed by atoms with Crippen LogP contribution in [0.3, 0.4) is 0 Å². The van der Waals surface area contributed by atoms with E-state index in [1.165, 1.54) is 5.56 Å². The predicted octanol–water partition coefficient (Wildman–Crippen LogP) is 1.18. The number of methoxy groups -OCH3 is 2. The molecule has 0 aliphatic rings. The highest BCUT2D eigenvalue weighted by Crippen LogP contribution is 2.27. The summed E-state index contributed by atoms with van der Waals surface area (Å²) in [6.07, 6.45) is -0.364. The molecular formula is C9H16N2O2S. The quantitative estimate of drug-likeness (QED) is 0.441. The van der Waals surface area contributed by atoms with Crippen molar-refractivity contribution in [2.24, 2.45) is 5.84 Å². The number of rotatable bonds is 5. The Labute approximate surface area is 88.0 Å². The van der Waals surface area contributed by atoms with Crippen molar-refractivity contribution in [2.45, 2.75) is 19.3 Å². The molecule has 0 bridgehead atoms. The number of nitrogens with one attached hydrogen (secondary N) is 1. The van der Waals surface area contributed by atoms with Crippen molar-refractivity contribution in [3.8, 4) is 0 Å². The van der Waals surface area contributed by atoms with Crippen molar-refractivity contribution >= 4 is 11.3 Å². The van der Waals surface area contributed by atoms with Crippen molar-refractivity contribution in [3.05, 3.63) is 21.9 Å². The van der Waals surface area contributed by atoms with E-state index in [0.717, 1.165) is 4.88 Å². The number of aryl methyl sites for hydroxylation is 1. The van der Waals surface area contributed by atoms with E-state index in [-0.39, 0.29) is 12.3 Å². The van der Waals surface area contributed by atoms with Crippen LogP contribution in [0.5, 0.6) is 0 Å². The Bertz CT molecular complexity index is 274. The second-order valence-corrected chi connectivity index (χ2v) is 3.90. The molecule has 0 aliphatic carbocycles. The minimum atomic E-state index is -0.364. The highest BCUT2D eigenvalue weighted by atomic mass is 32.1. The van der Waals surface area contributed by atoms with Gasteiger partial charge in [0.25, 0.3) is 0 Å². The van der Waals surface area contributed by atoms with Gasteiger partial charge < -0.3 is 9.47 Å². The molecule has 0 amide bonds. The van der Waals surface area contributed by atoms with E-state index in [1.54, 1.807) is 25.6 Å². The lowest BCUT2D eigenvalue weighted by atomic mass is 10.1. The van der Waals surface area contributed by atoms with Gasteiger partial charge in [0.1, 0.15) is 6.04 Å². The SMILES string of the molecule is COC(OC)C(NN)c1sccc1C. The molecule has 0 saturated heterocycles. The summed E-state index contributed by atoms with van der Waals surface area (Å²) in [4.78, 5) is 1.14. The van der Waals surface area contributed by atoms with Crippen LogP contribution in [0, 0.1) is 6.92 Å². The first kappa shape index (κ1) is 11.6. The Morgan fingerprint density at radius 3 is 2.43 bits per heavy atom. The maximum atomic E-state index is 5.48. The monoisotopic (exact) mass is 216 g/mol. The Morgan fingerprint density at radius 2 is 2.07 bits per heavy atom. The van der Waals surface area contributed by atoms with Crippen LogP contribution in [0.15, 0.2) is 11.4 Å². The van der Waals surface area contributed by atoms with Gasteiger partial charge in [-0.1, -0.05) is 0 Å². The minimum absolute atomic E-state index is 0.120. The van der Waals surface area contributed by atoms with Gasteiger partial charge in [-0.3, -0.25) is 5.84 Å². The highest BCUT2D eigenvalue weighted by molar-refractivity contribution is 7.10. The number of nitrogens with two attached hydrogens (primary N) is 1. The summed E-state index contributed by atoms with van der Waals surface area (Å²) in [5.41, 5.74) is 3.90. The van der Waals surface area contributed by atoms with Gasteiger partial charge in [-0.15, -0.1) is 11.3 Å². The average Bonchev–Trinajstić information content (AvgIpc) is 2.61. The largest absolute Gasteiger partial charge is 0.354 e. The molecule has 1 unspecified atom stereocenters. The maximum absolute atomic E-state index is 5.48. The van der Waals surface area contributed by atoms with Crippen molar-refractivity contribution in [3.63, 3.8) is 0 Å². The van der Waals surface area contributed by atoms with Crippen molar-refractivity contribution in [2.75, 3.05) is 14.2 Å². The summed E-state index contributed by atoms with van der Waals surface area (Å²) in [6.45, 7) is 2.04. The number of ether oxygens (including phenoxy) is 2. The highest BCUT2D eigenvalue weighted by Gasteiger charge is 2.23. The topological polar surface area (TPSA) is 56.5 Å². The molecule has 1 aromatic heterocycles. The summed E-state index contributed by atoms with van der Waals surface area (Å²) in [5, 5.41) is 2.03. The van der Waals surface area contributed by atoms with Crippen LogP contribution < -0.4 is 11.3 Å². The lowest BCUT2D eigenvalue weighted by molar-refractivity contribution is -0.123. The van der Waals surface area contributed by atoms with Crippen LogP contribution >= 0.6 is 11.3 Å². The third-order valence-corrected chi connectivity index (χ3v) is 3.20. The molecule has 4 nitrogen and oxygen atoms in total. The Kier molecular flexibility index (Phi) is 4.50. The molecule has 0 spiro atoms. The minimum Gasteiger partial charge on any atom is -0.354 e. The molecular weight excluding hydrogens is 200 g/mol. The maximum Gasteiger partial charge on any atom is 0.178 e. The zero-order valence-corrected chi connectivity index (χ0v) is 9.43. The zero-order valence-electron chi connectivity index (χ0n) is 8.61. The fraction of sp³-hybridized carbons (Fsp3) is 0.556. The van der Waals surface area contributed by atoms with Crippen LogP contribution in [0.1, 0.15) is 16.5 Å². The predicted molar refractivity (Wildman–Crippen MR) is 56.9 cm³/mol. The van der Waals surface area contributed by atoms with E-state index < -0.39 is 0 Å². The molecule has 0 aromatic carbocycles. The standard InChI is InChI=1S/C9H16N2O2S/c1-6-4-5-14-8(6)7(11-10)9(12-2)13-3/h4-5,7,9,11H,10H2,1-3H3. The third kappa shape index (κ3) is 2.31. The van der Waals surface area contributed by atoms with E-state index in [1.807, 2.05) is 18.4 Å². The molecule has 0 aliphatic heterocycles. The normalized spacial score (nSPS) is 13.5. The van der Waals surface area contributed by atoms with E-state index in [9.17, 15) is 0 Å². The number of hydrazine groups is 1. The van der Waals surface area contributed by atoms with E-state index >= 15 is 0 Å². The summed E-state index contributed by atoms with van der Waals surface area (Å²) in [7, 11) is 3.20. The van der Waals surface area contributed by atoms with Crippen molar-refractivity contribution in [1.82, 2.24) is 5.43 Å². The summed E-state index contributed by atoms with van der Waals surface area (Å²) in [5.74, 6) is 5.48. The van der Waals surface area contributed by atoms with Crippen LogP contribution in [-0.4, -0.2) is 20.5 Å². The van der Waals surface area contributed by atoms with Gasteiger partial charge >= 0.3 is 0 Å². The Balaban J connectivity index is 2.86. The summed E-state index contributed by atoms with van der Waals surface area (Å²) >= 11 is 1.64. The molecule has 0 saturated carbocycles. The molecule has 0 fully saturated rings. The van der Waals surface area contributed by atoms with E-state index in [4.69, 9.17) is 15.3 Å². The smallest absolute Gasteiger partial charge is 0.178 e. The van der Waals surface area contributed by atoms with Crippen molar-refractivity contribution < 1.29 is 9.47 Å². The Morgan fingerprint density at radius 1 is 1.43 bits per heavy atom. The molecule has 80 valence electrons. The molecule has 1 heterocycles.